The molecule has 0 aliphatic heterocycles. The summed E-state index contributed by atoms with van der Waals surface area (Å²) in [7, 11) is 0. The molecule has 0 fully saturated rings. The van der Waals surface area contributed by atoms with Crippen LogP contribution in [0, 0.1) is 5.92 Å². The van der Waals surface area contributed by atoms with Gasteiger partial charge in [0, 0.05) is 29.2 Å². The standard InChI is InChI=1S/C23H36N2O/c1-5-7-11-19(3)14-17-24(6-2)15-10-16-25-18-22(20(4)26)21-12-8-9-13-23(21)25/h8-9,12-13,18-19H,5-7,10-11,14-17H2,1-4H3. The van der Waals surface area contributed by atoms with Gasteiger partial charge in [0.25, 0.3) is 0 Å². The number of benzene rings is 1. The molecular weight excluding hydrogens is 320 g/mol. The highest BCUT2D eigenvalue weighted by Gasteiger charge is 2.12. The van der Waals surface area contributed by atoms with E-state index in [-0.39, 0.29) is 5.78 Å². The molecule has 1 unspecified atom stereocenters. The Hall–Kier alpha value is -1.61. The number of para-hydroxylation sites is 1. The summed E-state index contributed by atoms with van der Waals surface area (Å²) in [5, 5.41) is 1.08. The first-order chi connectivity index (χ1) is 12.6. The number of Topliss-reactive ketones (excluding diaryl/α,β-unsaturated/α-hetero) is 1. The average Bonchev–Trinajstić information content (AvgIpc) is 3.02. The third kappa shape index (κ3) is 5.70. The van der Waals surface area contributed by atoms with E-state index in [0.717, 1.165) is 42.9 Å². The van der Waals surface area contributed by atoms with Crippen molar-refractivity contribution in [3.8, 4) is 0 Å². The van der Waals surface area contributed by atoms with E-state index in [2.05, 4.69) is 48.4 Å². The summed E-state index contributed by atoms with van der Waals surface area (Å²) in [6, 6.07) is 8.24. The fourth-order valence-corrected chi connectivity index (χ4v) is 3.70. The van der Waals surface area contributed by atoms with Crippen molar-refractivity contribution in [3.63, 3.8) is 0 Å². The van der Waals surface area contributed by atoms with Crippen LogP contribution in [0.1, 0.15) is 70.2 Å². The van der Waals surface area contributed by atoms with Crippen molar-refractivity contribution in [2.24, 2.45) is 5.92 Å². The van der Waals surface area contributed by atoms with Crippen LogP contribution in [0.2, 0.25) is 0 Å². The summed E-state index contributed by atoms with van der Waals surface area (Å²) in [6.07, 6.45) is 8.47. The summed E-state index contributed by atoms with van der Waals surface area (Å²) in [5.41, 5.74) is 2.02. The largest absolute Gasteiger partial charge is 0.347 e. The number of carbonyl (C=O) groups is 1. The van der Waals surface area contributed by atoms with E-state index in [4.69, 9.17) is 0 Å². The summed E-state index contributed by atoms with van der Waals surface area (Å²) >= 11 is 0. The highest BCUT2D eigenvalue weighted by atomic mass is 16.1. The van der Waals surface area contributed by atoms with Gasteiger partial charge in [-0.15, -0.1) is 0 Å². The summed E-state index contributed by atoms with van der Waals surface area (Å²) in [4.78, 5) is 14.5. The van der Waals surface area contributed by atoms with Gasteiger partial charge in [-0.25, -0.2) is 0 Å². The minimum absolute atomic E-state index is 0.149. The fourth-order valence-electron chi connectivity index (χ4n) is 3.70. The number of hydrogen-bond acceptors (Lipinski definition) is 2. The topological polar surface area (TPSA) is 25.2 Å². The normalized spacial score (nSPS) is 12.8. The molecule has 0 radical (unpaired) electrons. The number of unbranched alkanes of at least 4 members (excludes halogenated alkanes) is 1. The van der Waals surface area contributed by atoms with Crippen molar-refractivity contribution < 1.29 is 4.79 Å². The van der Waals surface area contributed by atoms with Crippen molar-refractivity contribution in [1.29, 1.82) is 0 Å². The molecule has 0 saturated heterocycles. The zero-order chi connectivity index (χ0) is 18.9. The number of aryl methyl sites for hydroxylation is 1. The lowest BCUT2D eigenvalue weighted by atomic mass is 10.0. The molecular formula is C23H36N2O. The van der Waals surface area contributed by atoms with Crippen molar-refractivity contribution in [2.45, 2.75) is 66.3 Å². The lowest BCUT2D eigenvalue weighted by Crippen LogP contribution is -2.27. The second kappa shape index (κ2) is 10.5. The molecule has 2 aromatic rings. The molecule has 1 aromatic carbocycles. The predicted molar refractivity (Wildman–Crippen MR) is 112 cm³/mol. The van der Waals surface area contributed by atoms with Crippen LogP contribution < -0.4 is 0 Å². The van der Waals surface area contributed by atoms with Crippen molar-refractivity contribution in [2.75, 3.05) is 19.6 Å². The average molecular weight is 357 g/mol. The molecule has 0 amide bonds. The number of hydrogen-bond donors (Lipinski definition) is 0. The van der Waals surface area contributed by atoms with E-state index in [0.29, 0.717) is 0 Å². The fraction of sp³-hybridized carbons (Fsp3) is 0.609. The molecule has 1 heterocycles. The molecule has 0 aliphatic rings. The Bertz CT molecular complexity index is 689. The number of rotatable bonds is 12. The third-order valence-corrected chi connectivity index (χ3v) is 5.48. The monoisotopic (exact) mass is 356 g/mol. The predicted octanol–water partition coefficient (Wildman–Crippen LogP) is 5.77. The smallest absolute Gasteiger partial charge is 0.161 e. The molecule has 3 heteroatoms. The van der Waals surface area contributed by atoms with Crippen LogP contribution in [-0.4, -0.2) is 34.9 Å². The Morgan fingerprint density at radius 3 is 2.58 bits per heavy atom. The van der Waals surface area contributed by atoms with Crippen LogP contribution in [0.15, 0.2) is 30.5 Å². The highest BCUT2D eigenvalue weighted by molar-refractivity contribution is 6.06. The lowest BCUT2D eigenvalue weighted by molar-refractivity contribution is 0.101. The maximum absolute atomic E-state index is 11.9. The van der Waals surface area contributed by atoms with Gasteiger partial charge in [0.1, 0.15) is 0 Å². The molecule has 0 bridgehead atoms. The van der Waals surface area contributed by atoms with E-state index >= 15 is 0 Å². The molecule has 0 aliphatic carbocycles. The maximum atomic E-state index is 11.9. The second-order valence-corrected chi connectivity index (χ2v) is 7.63. The van der Waals surface area contributed by atoms with Gasteiger partial charge in [0.2, 0.25) is 0 Å². The van der Waals surface area contributed by atoms with Gasteiger partial charge in [-0.05, 0) is 51.4 Å². The van der Waals surface area contributed by atoms with Gasteiger partial charge in [-0.2, -0.15) is 0 Å². The van der Waals surface area contributed by atoms with E-state index in [9.17, 15) is 4.79 Å². The first kappa shape index (κ1) is 20.7. The number of ketones is 1. The Morgan fingerprint density at radius 2 is 1.88 bits per heavy atom. The molecule has 0 saturated carbocycles. The van der Waals surface area contributed by atoms with Crippen molar-refractivity contribution in [1.82, 2.24) is 9.47 Å². The van der Waals surface area contributed by atoms with Gasteiger partial charge in [0.15, 0.2) is 5.78 Å². The second-order valence-electron chi connectivity index (χ2n) is 7.63. The lowest BCUT2D eigenvalue weighted by Gasteiger charge is -2.22. The van der Waals surface area contributed by atoms with Gasteiger partial charge in [-0.1, -0.05) is 58.2 Å². The Morgan fingerprint density at radius 1 is 1.12 bits per heavy atom. The van der Waals surface area contributed by atoms with Crippen molar-refractivity contribution >= 4 is 16.7 Å². The number of fused-ring (bicyclic) bond motifs is 1. The van der Waals surface area contributed by atoms with Crippen LogP contribution in [0.5, 0.6) is 0 Å². The summed E-state index contributed by atoms with van der Waals surface area (Å²) < 4.78 is 2.25. The number of aromatic nitrogens is 1. The summed E-state index contributed by atoms with van der Waals surface area (Å²) in [5.74, 6) is 0.978. The minimum atomic E-state index is 0.149. The van der Waals surface area contributed by atoms with E-state index in [1.807, 2.05) is 12.3 Å². The van der Waals surface area contributed by atoms with Crippen LogP contribution >= 0.6 is 0 Å². The van der Waals surface area contributed by atoms with Gasteiger partial charge in [-0.3, -0.25) is 4.79 Å². The molecule has 0 N–H and O–H groups in total. The molecule has 1 aromatic heterocycles. The Balaban J connectivity index is 1.88. The van der Waals surface area contributed by atoms with Gasteiger partial charge in [0.05, 0.1) is 0 Å². The zero-order valence-electron chi connectivity index (χ0n) is 17.1. The molecule has 1 atom stereocenters. The Kier molecular flexibility index (Phi) is 8.37. The highest BCUT2D eigenvalue weighted by Crippen LogP contribution is 2.22. The van der Waals surface area contributed by atoms with E-state index in [1.54, 1.807) is 6.92 Å². The molecule has 3 nitrogen and oxygen atoms in total. The van der Waals surface area contributed by atoms with Crippen LogP contribution in [0.4, 0.5) is 0 Å². The Labute approximate surface area is 159 Å². The van der Waals surface area contributed by atoms with Crippen molar-refractivity contribution in [3.05, 3.63) is 36.0 Å². The first-order valence-electron chi connectivity index (χ1n) is 10.4. The SMILES string of the molecule is CCCCC(C)CCN(CC)CCCn1cc(C(C)=O)c2ccccc21. The van der Waals surface area contributed by atoms with E-state index < -0.39 is 0 Å². The van der Waals surface area contributed by atoms with Crippen LogP contribution in [0.3, 0.4) is 0 Å². The third-order valence-electron chi connectivity index (χ3n) is 5.48. The zero-order valence-corrected chi connectivity index (χ0v) is 17.1. The maximum Gasteiger partial charge on any atom is 0.161 e. The minimum Gasteiger partial charge on any atom is -0.347 e. The quantitative estimate of drug-likeness (QED) is 0.451. The molecule has 26 heavy (non-hydrogen) atoms. The first-order valence-corrected chi connectivity index (χ1v) is 10.4. The van der Waals surface area contributed by atoms with E-state index in [1.165, 1.54) is 37.7 Å². The molecule has 144 valence electrons. The number of carbonyl (C=O) groups excluding carboxylic acids is 1. The van der Waals surface area contributed by atoms with Gasteiger partial charge < -0.3 is 9.47 Å². The van der Waals surface area contributed by atoms with Gasteiger partial charge >= 0.3 is 0 Å². The number of nitrogens with zero attached hydrogens (tertiary/aromatic N) is 2. The summed E-state index contributed by atoms with van der Waals surface area (Å²) in [6.45, 7) is 13.0. The molecule has 0 spiro atoms. The van der Waals surface area contributed by atoms with Crippen LogP contribution in [0.25, 0.3) is 10.9 Å². The molecule has 2 rings (SSSR count). The van der Waals surface area contributed by atoms with Crippen LogP contribution in [-0.2, 0) is 6.54 Å².